The number of aromatic nitrogens is 5. The Labute approximate surface area is 220 Å². The van der Waals surface area contributed by atoms with E-state index in [-0.39, 0.29) is 34.1 Å². The minimum absolute atomic E-state index is 0.0142. The number of halogens is 1. The normalized spacial score (nSPS) is 35.9. The van der Waals surface area contributed by atoms with Gasteiger partial charge in [0.25, 0.3) is 0 Å². The zero-order chi connectivity index (χ0) is 30.8. The molecule has 0 unspecified atom stereocenters. The van der Waals surface area contributed by atoms with Crippen LogP contribution >= 0.6 is 11.8 Å². The molecule has 5 rings (SSSR count). The molecule has 2 aromatic heterocycles. The Bertz CT molecular complexity index is 1500. The Morgan fingerprint density at radius 3 is 2.94 bits per heavy atom. The second-order valence-electron chi connectivity index (χ2n) is 8.67. The number of aryl methyl sites for hydroxylation is 1. The molecule has 4 N–H and O–H groups in total. The van der Waals surface area contributed by atoms with Crippen molar-refractivity contribution in [3.8, 4) is 0 Å². The second kappa shape index (κ2) is 10.5. The molecule has 0 aliphatic heterocycles. The maximum absolute atomic E-state index is 14.4. The van der Waals surface area contributed by atoms with Gasteiger partial charge in [0, 0.05) is 28.2 Å². The number of fused-ring (bicyclic) bond motifs is 1. The Hall–Kier alpha value is -2.38. The minimum atomic E-state index is -2.64. The number of anilines is 1. The third-order valence-corrected chi connectivity index (χ3v) is 7.21. The minimum Gasteiger partial charge on any atom is -0.394 e. The molecule has 2 fully saturated rings. The average molecular weight is 525 g/mol. The molecule has 3 aromatic rings. The summed E-state index contributed by atoms with van der Waals surface area (Å²) in [5.41, 5.74) is 0.414. The second-order valence-corrected chi connectivity index (χ2v) is 9.73. The summed E-state index contributed by atoms with van der Waals surface area (Å²) < 4.78 is 70.4. The number of benzene rings is 1. The van der Waals surface area contributed by atoms with Gasteiger partial charge in [-0.05, 0) is 36.9 Å². The molecule has 1 aromatic carbocycles. The van der Waals surface area contributed by atoms with Gasteiger partial charge < -0.3 is 25.4 Å². The number of nitrogens with zero attached hydrogens (tertiary/aromatic N) is 5. The fraction of sp³-hybridized carbons (Fsp3) is 0.583. The molecule has 0 spiro atoms. The summed E-state index contributed by atoms with van der Waals surface area (Å²) in [6, 6.07) is 0.680. The fourth-order valence-electron chi connectivity index (χ4n) is 4.17. The molecule has 0 saturated heterocycles. The van der Waals surface area contributed by atoms with E-state index in [1.54, 1.807) is 6.92 Å². The zero-order valence-corrected chi connectivity index (χ0v) is 20.5. The van der Waals surface area contributed by atoms with Crippen LogP contribution in [-0.2, 0) is 4.74 Å². The number of ether oxygens (including phenoxy) is 1. The number of nitrogens with one attached hydrogen (secondary N) is 1. The van der Waals surface area contributed by atoms with Crippen molar-refractivity contribution < 1.29 is 32.7 Å². The lowest BCUT2D eigenvalue weighted by atomic mass is 10.1. The lowest BCUT2D eigenvalue weighted by Gasteiger charge is -2.17. The van der Waals surface area contributed by atoms with Gasteiger partial charge in [-0.1, -0.05) is 36.0 Å². The van der Waals surface area contributed by atoms with E-state index in [1.807, 2.05) is 6.92 Å². The van der Waals surface area contributed by atoms with E-state index in [9.17, 15) is 19.7 Å². The van der Waals surface area contributed by atoms with Crippen LogP contribution in [0.3, 0.4) is 0 Å². The SMILES string of the molecule is [2H]C([2H])(O)CO[C@H]1C[C@@H](n2nnc3c(N[C@]4([2H])C([2H])([2H])[C@@]4([2H])c4ccc(C)c(F)c4)nc(SCCC)nc32)[C@H](O)[C@@H]1O. The van der Waals surface area contributed by atoms with Crippen molar-refractivity contribution in [2.24, 2.45) is 0 Å². The standard InChI is InChI=1S/C24H31FN6O4S/c1-3-8-36-24-27-22(26-16-10-14(16)13-5-4-12(2)15(25)9-13)19-23(28-24)31(30-29-19)17-11-18(35-7-6-32)21(34)20(17)33/h4-5,9,14,16-18,20-21,32-34H,3,6-8,10-11H2,1-2H3,(H,26,27,28)/t14-,16+,17+,18-,20-,21+/m0/s1/i6D2,10D2,14D,16D. The third-order valence-electron chi connectivity index (χ3n) is 6.15. The highest BCUT2D eigenvalue weighted by molar-refractivity contribution is 7.99. The van der Waals surface area contributed by atoms with E-state index in [2.05, 4.69) is 25.6 Å². The molecule has 0 bridgehead atoms. The highest BCUT2D eigenvalue weighted by atomic mass is 32.2. The van der Waals surface area contributed by atoms with Gasteiger partial charge in [0.05, 0.1) is 29.4 Å². The van der Waals surface area contributed by atoms with Crippen LogP contribution in [0.1, 0.15) is 57.4 Å². The van der Waals surface area contributed by atoms with Crippen LogP contribution in [0.15, 0.2) is 23.4 Å². The lowest BCUT2D eigenvalue weighted by molar-refractivity contribution is -0.0629. The monoisotopic (exact) mass is 524 g/mol. The first kappa shape index (κ1) is 18.8. The number of rotatable bonds is 10. The van der Waals surface area contributed by atoms with Crippen molar-refractivity contribution in [1.29, 1.82) is 0 Å². The lowest BCUT2D eigenvalue weighted by Crippen LogP contribution is -2.33. The smallest absolute Gasteiger partial charge is 0.191 e. The van der Waals surface area contributed by atoms with E-state index in [1.165, 1.54) is 28.6 Å². The molecule has 10 nitrogen and oxygen atoms in total. The quantitative estimate of drug-likeness (QED) is 0.231. The summed E-state index contributed by atoms with van der Waals surface area (Å²) in [5.74, 6) is -2.29. The number of hydrogen-bond donors (Lipinski definition) is 4. The first-order valence-electron chi connectivity index (χ1n) is 14.6. The predicted molar refractivity (Wildman–Crippen MR) is 133 cm³/mol. The van der Waals surface area contributed by atoms with Crippen molar-refractivity contribution in [2.75, 3.05) is 24.2 Å². The number of hydrogen-bond acceptors (Lipinski definition) is 10. The number of aliphatic hydroxyl groups excluding tert-OH is 2. The van der Waals surface area contributed by atoms with Gasteiger partial charge >= 0.3 is 0 Å². The largest absolute Gasteiger partial charge is 0.394 e. The number of aliphatic hydroxyl groups is 3. The molecule has 2 heterocycles. The van der Waals surface area contributed by atoms with Crippen LogP contribution in [0.25, 0.3) is 11.2 Å². The van der Waals surface area contributed by atoms with E-state index in [0.29, 0.717) is 11.3 Å². The number of thioether (sulfide) groups is 1. The van der Waals surface area contributed by atoms with Gasteiger partial charge in [-0.15, -0.1) is 5.10 Å². The molecule has 194 valence electrons. The summed E-state index contributed by atoms with van der Waals surface area (Å²) in [5, 5.41) is 41.9. The third kappa shape index (κ3) is 4.92. The van der Waals surface area contributed by atoms with Crippen molar-refractivity contribution in [3.63, 3.8) is 0 Å². The van der Waals surface area contributed by atoms with Crippen molar-refractivity contribution >= 4 is 28.7 Å². The van der Waals surface area contributed by atoms with Gasteiger partial charge in [-0.3, -0.25) is 0 Å². The molecule has 12 heteroatoms. The van der Waals surface area contributed by atoms with Crippen LogP contribution in [-0.4, -0.2) is 83.5 Å². The molecular formula is C24H31FN6O4S. The van der Waals surface area contributed by atoms with Gasteiger partial charge in [-0.25, -0.2) is 19.0 Å². The fourth-order valence-corrected chi connectivity index (χ4v) is 4.86. The highest BCUT2D eigenvalue weighted by Crippen LogP contribution is 2.44. The van der Waals surface area contributed by atoms with Crippen molar-refractivity contribution in [1.82, 2.24) is 25.0 Å². The molecule has 0 amide bonds. The Morgan fingerprint density at radius 2 is 2.19 bits per heavy atom. The summed E-state index contributed by atoms with van der Waals surface area (Å²) in [6.07, 6.45) is -5.61. The highest BCUT2D eigenvalue weighted by Gasteiger charge is 2.45. The molecule has 2 saturated carbocycles. The van der Waals surface area contributed by atoms with Crippen molar-refractivity contribution in [2.45, 2.75) is 74.5 Å². The maximum atomic E-state index is 14.4. The van der Waals surface area contributed by atoms with Crippen LogP contribution in [0.5, 0.6) is 0 Å². The molecular weight excluding hydrogens is 487 g/mol. The van der Waals surface area contributed by atoms with Gasteiger partial charge in [0.15, 0.2) is 22.1 Å². The molecule has 0 radical (unpaired) electrons. The molecule has 6 atom stereocenters. The van der Waals surface area contributed by atoms with Crippen LogP contribution < -0.4 is 5.32 Å². The zero-order valence-electron chi connectivity index (χ0n) is 25.6. The van der Waals surface area contributed by atoms with E-state index < -0.39 is 61.6 Å². The Morgan fingerprint density at radius 1 is 1.36 bits per heavy atom. The first-order chi connectivity index (χ1) is 19.6. The first-order valence-corrected chi connectivity index (χ1v) is 12.5. The van der Waals surface area contributed by atoms with E-state index in [4.69, 9.17) is 13.0 Å². The molecule has 2 aliphatic carbocycles. The summed E-state index contributed by atoms with van der Waals surface area (Å²) >= 11 is 1.27. The van der Waals surface area contributed by atoms with Crippen LogP contribution in [0, 0.1) is 12.7 Å². The molecule has 36 heavy (non-hydrogen) atoms. The summed E-state index contributed by atoms with van der Waals surface area (Å²) in [4.78, 5) is 8.96. The topological polar surface area (TPSA) is 138 Å². The van der Waals surface area contributed by atoms with Crippen LogP contribution in [0.2, 0.25) is 0 Å². The van der Waals surface area contributed by atoms with Crippen molar-refractivity contribution in [3.05, 3.63) is 35.1 Å². The van der Waals surface area contributed by atoms with Gasteiger partial charge in [0.1, 0.15) is 18.0 Å². The van der Waals surface area contributed by atoms with E-state index in [0.717, 1.165) is 12.5 Å². The Balaban J connectivity index is 1.52. The van der Waals surface area contributed by atoms with Gasteiger partial charge in [-0.2, -0.15) is 0 Å². The summed E-state index contributed by atoms with van der Waals surface area (Å²) in [6.45, 7) is 0.125. The summed E-state index contributed by atoms with van der Waals surface area (Å²) in [7, 11) is 0. The maximum Gasteiger partial charge on any atom is 0.191 e. The average Bonchev–Trinajstić information content (AvgIpc) is 3.29. The molecule has 2 aliphatic rings. The predicted octanol–water partition coefficient (Wildman–Crippen LogP) is 2.18. The Kier molecular flexibility index (Phi) is 5.51. The van der Waals surface area contributed by atoms with Crippen LogP contribution in [0.4, 0.5) is 10.2 Å². The van der Waals surface area contributed by atoms with E-state index >= 15 is 0 Å². The van der Waals surface area contributed by atoms with Gasteiger partial charge in [0.2, 0.25) is 0 Å².